The number of H-pyrrole nitrogens is 1. The Morgan fingerprint density at radius 1 is 1.41 bits per heavy atom. The Balaban J connectivity index is 1.81. The van der Waals surface area contributed by atoms with E-state index in [0.29, 0.717) is 6.04 Å². The summed E-state index contributed by atoms with van der Waals surface area (Å²) >= 11 is 0. The molecule has 0 radical (unpaired) electrons. The monoisotopic (exact) mass is 230 g/mol. The highest BCUT2D eigenvalue weighted by Gasteiger charge is 2.21. The number of hydrogen-bond acceptors (Lipinski definition) is 3. The van der Waals surface area contributed by atoms with E-state index in [0.717, 1.165) is 28.6 Å². The standard InChI is InChI=1S/C13H18N4/c1-8-2-4-10(6-8)15-13-16-11-5-3-9(14)7-12(11)17-13/h3,5,7-8,10H,2,4,6,14H2,1H3,(H2,15,16,17). The van der Waals surface area contributed by atoms with E-state index in [1.807, 2.05) is 18.2 Å². The Morgan fingerprint density at radius 2 is 2.29 bits per heavy atom. The third-order valence-corrected chi connectivity index (χ3v) is 3.54. The number of hydrogen-bond donors (Lipinski definition) is 3. The van der Waals surface area contributed by atoms with Crippen LogP contribution in [0.3, 0.4) is 0 Å². The maximum atomic E-state index is 5.75. The molecule has 1 heterocycles. The highest BCUT2D eigenvalue weighted by atomic mass is 15.1. The van der Waals surface area contributed by atoms with Crippen LogP contribution in [0.5, 0.6) is 0 Å². The largest absolute Gasteiger partial charge is 0.399 e. The van der Waals surface area contributed by atoms with Crippen LogP contribution in [0.4, 0.5) is 11.6 Å². The van der Waals surface area contributed by atoms with Gasteiger partial charge in [0.05, 0.1) is 11.0 Å². The van der Waals surface area contributed by atoms with E-state index < -0.39 is 0 Å². The van der Waals surface area contributed by atoms with Crippen LogP contribution in [0.25, 0.3) is 11.0 Å². The average Bonchev–Trinajstić information content (AvgIpc) is 2.84. The van der Waals surface area contributed by atoms with Gasteiger partial charge in [0.15, 0.2) is 0 Å². The van der Waals surface area contributed by atoms with Gasteiger partial charge in [0, 0.05) is 11.7 Å². The minimum Gasteiger partial charge on any atom is -0.399 e. The van der Waals surface area contributed by atoms with Crippen LogP contribution >= 0.6 is 0 Å². The summed E-state index contributed by atoms with van der Waals surface area (Å²) in [7, 11) is 0. The first-order chi connectivity index (χ1) is 8.20. The Bertz CT molecular complexity index is 531. The van der Waals surface area contributed by atoms with Gasteiger partial charge in [-0.2, -0.15) is 0 Å². The fraction of sp³-hybridized carbons (Fsp3) is 0.462. The number of aromatic nitrogens is 2. The second kappa shape index (κ2) is 3.95. The summed E-state index contributed by atoms with van der Waals surface area (Å²) in [4.78, 5) is 7.80. The molecular formula is C13H18N4. The molecular weight excluding hydrogens is 212 g/mol. The van der Waals surface area contributed by atoms with Crippen molar-refractivity contribution in [1.82, 2.24) is 9.97 Å². The molecule has 3 rings (SSSR count). The molecule has 1 saturated carbocycles. The molecule has 17 heavy (non-hydrogen) atoms. The maximum Gasteiger partial charge on any atom is 0.201 e. The zero-order chi connectivity index (χ0) is 11.8. The molecule has 0 aliphatic heterocycles. The zero-order valence-corrected chi connectivity index (χ0v) is 10.0. The number of aromatic amines is 1. The van der Waals surface area contributed by atoms with Crippen molar-refractivity contribution in [3.8, 4) is 0 Å². The molecule has 0 saturated heterocycles. The van der Waals surface area contributed by atoms with Gasteiger partial charge in [-0.1, -0.05) is 6.92 Å². The lowest BCUT2D eigenvalue weighted by Crippen LogP contribution is -2.16. The second-order valence-electron chi connectivity index (χ2n) is 5.12. The molecule has 0 spiro atoms. The molecule has 2 unspecified atom stereocenters. The Kier molecular flexibility index (Phi) is 2.42. The van der Waals surface area contributed by atoms with Crippen LogP contribution in [0.1, 0.15) is 26.2 Å². The highest BCUT2D eigenvalue weighted by molar-refractivity contribution is 5.80. The summed E-state index contributed by atoms with van der Waals surface area (Å²) < 4.78 is 0. The summed E-state index contributed by atoms with van der Waals surface area (Å²) in [5, 5.41) is 3.47. The first-order valence-corrected chi connectivity index (χ1v) is 6.22. The molecule has 2 atom stereocenters. The van der Waals surface area contributed by atoms with Crippen LogP contribution < -0.4 is 11.1 Å². The summed E-state index contributed by atoms with van der Waals surface area (Å²) in [6.07, 6.45) is 3.78. The van der Waals surface area contributed by atoms with Gasteiger partial charge in [0.25, 0.3) is 0 Å². The quantitative estimate of drug-likeness (QED) is 0.695. The van der Waals surface area contributed by atoms with Crippen LogP contribution in [0.15, 0.2) is 18.2 Å². The van der Waals surface area contributed by atoms with E-state index in [1.165, 1.54) is 19.3 Å². The van der Waals surface area contributed by atoms with Crippen LogP contribution in [0, 0.1) is 5.92 Å². The normalized spacial score (nSPS) is 24.3. The molecule has 4 N–H and O–H groups in total. The maximum absolute atomic E-state index is 5.75. The Hall–Kier alpha value is -1.71. The van der Waals surface area contributed by atoms with Crippen molar-refractivity contribution in [2.45, 2.75) is 32.2 Å². The topological polar surface area (TPSA) is 66.7 Å². The number of fused-ring (bicyclic) bond motifs is 1. The number of nitrogen functional groups attached to an aromatic ring is 1. The van der Waals surface area contributed by atoms with Crippen LogP contribution in [0.2, 0.25) is 0 Å². The van der Waals surface area contributed by atoms with Gasteiger partial charge in [-0.15, -0.1) is 0 Å². The van der Waals surface area contributed by atoms with Crippen molar-refractivity contribution in [2.75, 3.05) is 11.1 Å². The molecule has 4 heteroatoms. The predicted octanol–water partition coefficient (Wildman–Crippen LogP) is 2.75. The number of anilines is 2. The Morgan fingerprint density at radius 3 is 3.06 bits per heavy atom. The van der Waals surface area contributed by atoms with Crippen LogP contribution in [-0.2, 0) is 0 Å². The van der Waals surface area contributed by atoms with Crippen molar-refractivity contribution < 1.29 is 0 Å². The molecule has 1 aliphatic rings. The second-order valence-corrected chi connectivity index (χ2v) is 5.12. The van der Waals surface area contributed by atoms with E-state index in [-0.39, 0.29) is 0 Å². The van der Waals surface area contributed by atoms with Crippen molar-refractivity contribution in [3.63, 3.8) is 0 Å². The number of imidazole rings is 1. The molecule has 0 bridgehead atoms. The van der Waals surface area contributed by atoms with Crippen molar-refractivity contribution in [2.24, 2.45) is 5.92 Å². The van der Waals surface area contributed by atoms with Gasteiger partial charge in [-0.25, -0.2) is 4.98 Å². The summed E-state index contributed by atoms with van der Waals surface area (Å²) in [5.74, 6) is 1.69. The third kappa shape index (κ3) is 2.07. The van der Waals surface area contributed by atoms with Crippen molar-refractivity contribution in [1.29, 1.82) is 0 Å². The molecule has 4 nitrogen and oxygen atoms in total. The fourth-order valence-corrected chi connectivity index (χ4v) is 2.63. The fourth-order valence-electron chi connectivity index (χ4n) is 2.63. The minimum atomic E-state index is 0.558. The van der Waals surface area contributed by atoms with E-state index in [9.17, 15) is 0 Å². The van der Waals surface area contributed by atoms with Gasteiger partial charge >= 0.3 is 0 Å². The van der Waals surface area contributed by atoms with E-state index in [2.05, 4.69) is 22.2 Å². The summed E-state index contributed by atoms with van der Waals surface area (Å²) in [6.45, 7) is 2.31. The first-order valence-electron chi connectivity index (χ1n) is 6.22. The predicted molar refractivity (Wildman–Crippen MR) is 70.9 cm³/mol. The van der Waals surface area contributed by atoms with Gasteiger partial charge in [-0.05, 0) is 43.4 Å². The lowest BCUT2D eigenvalue weighted by atomic mass is 10.1. The minimum absolute atomic E-state index is 0.558. The van der Waals surface area contributed by atoms with E-state index in [4.69, 9.17) is 5.73 Å². The number of nitrogens with two attached hydrogens (primary N) is 1. The molecule has 1 fully saturated rings. The lowest BCUT2D eigenvalue weighted by molar-refractivity contribution is 0.602. The average molecular weight is 230 g/mol. The highest BCUT2D eigenvalue weighted by Crippen LogP contribution is 2.27. The molecule has 2 aromatic rings. The van der Waals surface area contributed by atoms with Gasteiger partial charge in [-0.3, -0.25) is 0 Å². The summed E-state index contributed by atoms with van der Waals surface area (Å²) in [6, 6.07) is 6.31. The molecule has 0 amide bonds. The number of nitrogens with one attached hydrogen (secondary N) is 2. The van der Waals surface area contributed by atoms with Gasteiger partial charge in [0.1, 0.15) is 0 Å². The molecule has 1 aliphatic carbocycles. The van der Waals surface area contributed by atoms with E-state index in [1.54, 1.807) is 0 Å². The smallest absolute Gasteiger partial charge is 0.201 e. The van der Waals surface area contributed by atoms with E-state index >= 15 is 0 Å². The number of benzene rings is 1. The molecule has 1 aromatic heterocycles. The summed E-state index contributed by atoms with van der Waals surface area (Å²) in [5.41, 5.74) is 8.48. The van der Waals surface area contributed by atoms with Gasteiger partial charge in [0.2, 0.25) is 5.95 Å². The lowest BCUT2D eigenvalue weighted by Gasteiger charge is -2.10. The number of rotatable bonds is 2. The Labute approximate surface area is 101 Å². The first kappa shape index (κ1) is 10.4. The SMILES string of the molecule is CC1CCC(Nc2nc3ccc(N)cc3[nH]2)C1. The van der Waals surface area contributed by atoms with Crippen LogP contribution in [-0.4, -0.2) is 16.0 Å². The molecule has 1 aromatic carbocycles. The third-order valence-electron chi connectivity index (χ3n) is 3.54. The zero-order valence-electron chi connectivity index (χ0n) is 10.0. The van der Waals surface area contributed by atoms with Crippen molar-refractivity contribution >= 4 is 22.7 Å². The van der Waals surface area contributed by atoms with Crippen molar-refractivity contribution in [3.05, 3.63) is 18.2 Å². The molecule has 90 valence electrons. The van der Waals surface area contributed by atoms with Gasteiger partial charge < -0.3 is 16.0 Å². The number of nitrogens with zero attached hydrogens (tertiary/aromatic N) is 1.